The highest BCUT2D eigenvalue weighted by atomic mass is 32.2. The Kier molecular flexibility index (Phi) is 5.79. The molecule has 0 radical (unpaired) electrons. The normalized spacial score (nSPS) is 30.1. The third kappa shape index (κ3) is 4.78. The lowest BCUT2D eigenvalue weighted by atomic mass is 10.0. The molecule has 0 saturated carbocycles. The third-order valence-electron chi connectivity index (χ3n) is 3.59. The third-order valence-corrected chi connectivity index (χ3v) is 4.96. The fourth-order valence-corrected chi connectivity index (χ4v) is 3.59. The molecule has 2 heterocycles. The van der Waals surface area contributed by atoms with Crippen LogP contribution in [0.3, 0.4) is 0 Å². The standard InChI is InChI=1S/C13H24N2O2S/c1-10-8-11(4-7-17-10)15-13(16)9-18-12-2-5-14-6-3-12/h10-12,14H,2-9H2,1H3,(H,15,16). The molecule has 4 nitrogen and oxygen atoms in total. The van der Waals surface area contributed by atoms with Crippen LogP contribution in [0.5, 0.6) is 0 Å². The summed E-state index contributed by atoms with van der Waals surface area (Å²) < 4.78 is 5.48. The van der Waals surface area contributed by atoms with Crippen molar-refractivity contribution < 1.29 is 9.53 Å². The van der Waals surface area contributed by atoms with Gasteiger partial charge in [-0.25, -0.2) is 0 Å². The van der Waals surface area contributed by atoms with Gasteiger partial charge in [-0.3, -0.25) is 4.79 Å². The summed E-state index contributed by atoms with van der Waals surface area (Å²) in [6, 6.07) is 0.315. The lowest BCUT2D eigenvalue weighted by Crippen LogP contribution is -2.42. The van der Waals surface area contributed by atoms with E-state index in [4.69, 9.17) is 4.74 Å². The number of hydrogen-bond donors (Lipinski definition) is 2. The van der Waals surface area contributed by atoms with Gasteiger partial charge in [-0.05, 0) is 45.7 Å². The Balaban J connectivity index is 1.62. The van der Waals surface area contributed by atoms with Crippen LogP contribution in [0.15, 0.2) is 0 Å². The molecule has 0 aromatic rings. The summed E-state index contributed by atoms with van der Waals surface area (Å²) in [6.45, 7) is 5.03. The first-order valence-electron chi connectivity index (χ1n) is 6.97. The minimum atomic E-state index is 0.192. The Morgan fingerprint density at radius 1 is 1.39 bits per heavy atom. The van der Waals surface area contributed by atoms with E-state index in [2.05, 4.69) is 17.6 Å². The number of carbonyl (C=O) groups is 1. The van der Waals surface area contributed by atoms with Crippen molar-refractivity contribution in [3.63, 3.8) is 0 Å². The van der Waals surface area contributed by atoms with Crippen LogP contribution in [-0.2, 0) is 9.53 Å². The van der Waals surface area contributed by atoms with E-state index in [0.717, 1.165) is 32.5 Å². The molecule has 5 heteroatoms. The van der Waals surface area contributed by atoms with E-state index in [9.17, 15) is 4.79 Å². The molecule has 2 saturated heterocycles. The smallest absolute Gasteiger partial charge is 0.230 e. The first-order chi connectivity index (χ1) is 8.74. The molecule has 0 bridgehead atoms. The monoisotopic (exact) mass is 272 g/mol. The summed E-state index contributed by atoms with van der Waals surface area (Å²) >= 11 is 1.81. The lowest BCUT2D eigenvalue weighted by Gasteiger charge is -2.28. The molecule has 2 aliphatic heterocycles. The number of nitrogens with one attached hydrogen (secondary N) is 2. The minimum absolute atomic E-state index is 0.192. The predicted molar refractivity (Wildman–Crippen MR) is 74.9 cm³/mol. The van der Waals surface area contributed by atoms with E-state index in [1.54, 1.807) is 0 Å². The summed E-state index contributed by atoms with van der Waals surface area (Å²) in [4.78, 5) is 11.9. The second-order valence-electron chi connectivity index (χ2n) is 5.23. The van der Waals surface area contributed by atoms with Gasteiger partial charge < -0.3 is 15.4 Å². The molecule has 1 amide bonds. The van der Waals surface area contributed by atoms with E-state index in [1.807, 2.05) is 11.8 Å². The first-order valence-corrected chi connectivity index (χ1v) is 8.02. The molecule has 0 spiro atoms. The zero-order valence-corrected chi connectivity index (χ0v) is 11.9. The van der Waals surface area contributed by atoms with Crippen molar-refractivity contribution in [3.8, 4) is 0 Å². The van der Waals surface area contributed by atoms with Gasteiger partial charge in [0.05, 0.1) is 11.9 Å². The Bertz CT molecular complexity index is 270. The molecule has 0 aromatic heterocycles. The van der Waals surface area contributed by atoms with Crippen molar-refractivity contribution >= 4 is 17.7 Å². The molecule has 2 fully saturated rings. The molecular weight excluding hydrogens is 248 g/mol. The Morgan fingerprint density at radius 2 is 2.17 bits per heavy atom. The summed E-state index contributed by atoms with van der Waals surface area (Å²) in [5.74, 6) is 0.800. The molecule has 2 atom stereocenters. The Labute approximate surface area is 114 Å². The average molecular weight is 272 g/mol. The fourth-order valence-electron chi connectivity index (χ4n) is 2.55. The van der Waals surface area contributed by atoms with Gasteiger partial charge in [0.1, 0.15) is 0 Å². The largest absolute Gasteiger partial charge is 0.378 e. The maximum absolute atomic E-state index is 11.9. The average Bonchev–Trinajstić information content (AvgIpc) is 2.38. The number of carbonyl (C=O) groups excluding carboxylic acids is 1. The van der Waals surface area contributed by atoms with Crippen LogP contribution in [0.25, 0.3) is 0 Å². The van der Waals surface area contributed by atoms with Gasteiger partial charge in [0, 0.05) is 17.9 Å². The van der Waals surface area contributed by atoms with Crippen LogP contribution in [0.2, 0.25) is 0 Å². The number of thioether (sulfide) groups is 1. The molecule has 18 heavy (non-hydrogen) atoms. The zero-order valence-electron chi connectivity index (χ0n) is 11.1. The number of amides is 1. The second kappa shape index (κ2) is 7.36. The molecule has 2 rings (SSSR count). The van der Waals surface area contributed by atoms with Gasteiger partial charge >= 0.3 is 0 Å². The highest BCUT2D eigenvalue weighted by Crippen LogP contribution is 2.20. The van der Waals surface area contributed by atoms with E-state index in [-0.39, 0.29) is 12.0 Å². The van der Waals surface area contributed by atoms with Crippen LogP contribution in [0.1, 0.15) is 32.6 Å². The van der Waals surface area contributed by atoms with Crippen LogP contribution in [0.4, 0.5) is 0 Å². The number of rotatable bonds is 4. The zero-order chi connectivity index (χ0) is 12.8. The van der Waals surface area contributed by atoms with E-state index >= 15 is 0 Å². The topological polar surface area (TPSA) is 50.4 Å². The van der Waals surface area contributed by atoms with Gasteiger partial charge in [0.25, 0.3) is 0 Å². The van der Waals surface area contributed by atoms with Crippen molar-refractivity contribution in [3.05, 3.63) is 0 Å². The summed E-state index contributed by atoms with van der Waals surface area (Å²) in [5.41, 5.74) is 0. The predicted octanol–water partition coefficient (Wildman–Crippen LogP) is 1.16. The number of hydrogen-bond acceptors (Lipinski definition) is 4. The van der Waals surface area contributed by atoms with Gasteiger partial charge in [-0.1, -0.05) is 0 Å². The van der Waals surface area contributed by atoms with Crippen LogP contribution in [0, 0.1) is 0 Å². The first kappa shape index (κ1) is 14.2. The fraction of sp³-hybridized carbons (Fsp3) is 0.923. The summed E-state index contributed by atoms with van der Waals surface area (Å²) in [7, 11) is 0. The summed E-state index contributed by atoms with van der Waals surface area (Å²) in [6.07, 6.45) is 4.55. The Hall–Kier alpha value is -0.260. The van der Waals surface area contributed by atoms with E-state index < -0.39 is 0 Å². The van der Waals surface area contributed by atoms with Crippen LogP contribution >= 0.6 is 11.8 Å². The maximum atomic E-state index is 11.9. The van der Waals surface area contributed by atoms with Crippen LogP contribution < -0.4 is 10.6 Å². The van der Waals surface area contributed by atoms with Crippen molar-refractivity contribution in [2.24, 2.45) is 0 Å². The van der Waals surface area contributed by atoms with Crippen molar-refractivity contribution in [1.29, 1.82) is 0 Å². The van der Waals surface area contributed by atoms with E-state index in [1.165, 1.54) is 12.8 Å². The van der Waals surface area contributed by atoms with Crippen LogP contribution in [-0.4, -0.2) is 48.8 Å². The quantitative estimate of drug-likeness (QED) is 0.806. The van der Waals surface area contributed by atoms with Gasteiger partial charge in [0.15, 0.2) is 0 Å². The van der Waals surface area contributed by atoms with Gasteiger partial charge in [0.2, 0.25) is 5.91 Å². The highest BCUT2D eigenvalue weighted by Gasteiger charge is 2.21. The summed E-state index contributed by atoms with van der Waals surface area (Å²) in [5, 5.41) is 7.14. The molecule has 2 unspecified atom stereocenters. The molecular formula is C13H24N2O2S. The van der Waals surface area contributed by atoms with E-state index in [0.29, 0.717) is 17.0 Å². The molecule has 0 aliphatic carbocycles. The second-order valence-corrected chi connectivity index (χ2v) is 6.52. The highest BCUT2D eigenvalue weighted by molar-refractivity contribution is 8.00. The maximum Gasteiger partial charge on any atom is 0.230 e. The van der Waals surface area contributed by atoms with Gasteiger partial charge in [-0.2, -0.15) is 0 Å². The number of ether oxygens (including phenoxy) is 1. The molecule has 2 N–H and O–H groups in total. The lowest BCUT2D eigenvalue weighted by molar-refractivity contribution is -0.120. The van der Waals surface area contributed by atoms with Gasteiger partial charge in [-0.15, -0.1) is 11.8 Å². The molecule has 2 aliphatic rings. The van der Waals surface area contributed by atoms with Crippen molar-refractivity contribution in [2.45, 2.75) is 50.0 Å². The molecule has 104 valence electrons. The molecule has 0 aromatic carbocycles. The van der Waals surface area contributed by atoms with Crippen molar-refractivity contribution in [2.75, 3.05) is 25.4 Å². The SMILES string of the molecule is CC1CC(NC(=O)CSC2CCNCC2)CCO1. The number of piperidine rings is 1. The van der Waals surface area contributed by atoms with Crippen molar-refractivity contribution in [1.82, 2.24) is 10.6 Å². The minimum Gasteiger partial charge on any atom is -0.378 e. The Morgan fingerprint density at radius 3 is 2.89 bits per heavy atom.